The molecule has 1 N–H and O–H groups in total. The Morgan fingerprint density at radius 2 is 1.81 bits per heavy atom. The van der Waals surface area contributed by atoms with Gasteiger partial charge in [0.15, 0.2) is 0 Å². The molecule has 0 aliphatic heterocycles. The van der Waals surface area contributed by atoms with Gasteiger partial charge >= 0.3 is 0 Å². The largest absolute Gasteiger partial charge is 0.488 e. The zero-order valence-corrected chi connectivity index (χ0v) is 17.7. The third-order valence-corrected chi connectivity index (χ3v) is 4.72. The highest BCUT2D eigenvalue weighted by Crippen LogP contribution is 2.21. The van der Waals surface area contributed by atoms with Crippen LogP contribution in [0.2, 0.25) is 5.02 Å². The summed E-state index contributed by atoms with van der Waals surface area (Å²) in [5.74, 6) is 2.31. The summed E-state index contributed by atoms with van der Waals surface area (Å²) in [6.45, 7) is 0.168. The summed E-state index contributed by atoms with van der Waals surface area (Å²) in [5, 5.41) is 3.39. The van der Waals surface area contributed by atoms with Crippen molar-refractivity contribution in [1.82, 2.24) is 4.90 Å². The lowest BCUT2D eigenvalue weighted by atomic mass is 10.1. The summed E-state index contributed by atoms with van der Waals surface area (Å²) in [5.41, 5.74) is 2.54. The number of anilines is 1. The molecule has 3 rings (SSSR count). The summed E-state index contributed by atoms with van der Waals surface area (Å²) in [4.78, 5) is 26.7. The minimum Gasteiger partial charge on any atom is -0.488 e. The first-order valence-electron chi connectivity index (χ1n) is 9.54. The molecule has 0 unspecified atom stereocenters. The molecule has 0 aliphatic rings. The van der Waals surface area contributed by atoms with Gasteiger partial charge in [0.1, 0.15) is 12.4 Å². The predicted octanol–water partition coefficient (Wildman–Crippen LogP) is 4.61. The van der Waals surface area contributed by atoms with E-state index in [2.05, 4.69) is 11.2 Å². The summed E-state index contributed by atoms with van der Waals surface area (Å²) in [7, 11) is 1.57. The molecular formula is C25H21ClN2O3. The third kappa shape index (κ3) is 6.11. The highest BCUT2D eigenvalue weighted by molar-refractivity contribution is 6.30. The number of hydrogen-bond donors (Lipinski definition) is 1. The lowest BCUT2D eigenvalue weighted by Gasteiger charge is -2.19. The minimum absolute atomic E-state index is 0.120. The van der Waals surface area contributed by atoms with Crippen LogP contribution in [0.3, 0.4) is 0 Å². The van der Waals surface area contributed by atoms with E-state index in [4.69, 9.17) is 22.8 Å². The van der Waals surface area contributed by atoms with Crippen LogP contribution in [0.4, 0.5) is 5.69 Å². The lowest BCUT2D eigenvalue weighted by molar-refractivity contribution is -0.116. The average Bonchev–Trinajstić information content (AvgIpc) is 2.78. The van der Waals surface area contributed by atoms with E-state index in [0.29, 0.717) is 27.6 Å². The van der Waals surface area contributed by atoms with Gasteiger partial charge < -0.3 is 15.0 Å². The maximum absolute atomic E-state index is 12.9. The SMILES string of the molecule is C#Cc1cccc(NC(=O)CN(C)C(=O)c2ccccc2OCc2ccc(Cl)cc2)c1. The first-order valence-corrected chi connectivity index (χ1v) is 9.92. The van der Waals surface area contributed by atoms with Crippen molar-refractivity contribution in [2.45, 2.75) is 6.61 Å². The number of hydrogen-bond acceptors (Lipinski definition) is 3. The van der Waals surface area contributed by atoms with Gasteiger partial charge in [-0.1, -0.05) is 47.9 Å². The molecule has 0 spiro atoms. The molecule has 3 aromatic carbocycles. The van der Waals surface area contributed by atoms with Crippen LogP contribution in [0, 0.1) is 12.3 Å². The van der Waals surface area contributed by atoms with E-state index in [1.54, 1.807) is 67.7 Å². The van der Waals surface area contributed by atoms with Gasteiger partial charge in [-0.3, -0.25) is 9.59 Å². The Bertz CT molecular complexity index is 1120. The van der Waals surface area contributed by atoms with Gasteiger partial charge in [-0.05, 0) is 48.0 Å². The molecule has 0 bridgehead atoms. The van der Waals surface area contributed by atoms with Crippen LogP contribution in [0.15, 0.2) is 72.8 Å². The van der Waals surface area contributed by atoms with E-state index in [-0.39, 0.29) is 25.0 Å². The van der Waals surface area contributed by atoms with Crippen molar-refractivity contribution in [1.29, 1.82) is 0 Å². The quantitative estimate of drug-likeness (QED) is 0.554. The molecule has 0 aliphatic carbocycles. The molecule has 0 radical (unpaired) electrons. The molecule has 0 atom stereocenters. The summed E-state index contributed by atoms with van der Waals surface area (Å²) >= 11 is 5.91. The molecule has 0 heterocycles. The summed E-state index contributed by atoms with van der Waals surface area (Å²) in [6, 6.07) is 21.2. The Morgan fingerprint density at radius 1 is 1.06 bits per heavy atom. The first-order chi connectivity index (χ1) is 15.0. The third-order valence-electron chi connectivity index (χ3n) is 4.47. The number of benzene rings is 3. The van der Waals surface area contributed by atoms with Crippen LogP contribution in [0.5, 0.6) is 5.75 Å². The van der Waals surface area contributed by atoms with Gasteiger partial charge in [0.05, 0.1) is 12.1 Å². The number of nitrogens with zero attached hydrogens (tertiary/aromatic N) is 1. The van der Waals surface area contributed by atoms with Gasteiger partial charge in [0.25, 0.3) is 5.91 Å². The van der Waals surface area contributed by atoms with E-state index in [0.717, 1.165) is 5.56 Å². The fourth-order valence-corrected chi connectivity index (χ4v) is 3.02. The van der Waals surface area contributed by atoms with Crippen LogP contribution < -0.4 is 10.1 Å². The zero-order chi connectivity index (χ0) is 22.2. The van der Waals surface area contributed by atoms with Gasteiger partial charge in [-0.25, -0.2) is 0 Å². The van der Waals surface area contributed by atoms with Gasteiger partial charge in [-0.15, -0.1) is 6.42 Å². The molecular weight excluding hydrogens is 412 g/mol. The maximum Gasteiger partial charge on any atom is 0.257 e. The number of ether oxygens (including phenoxy) is 1. The Balaban J connectivity index is 1.64. The molecule has 0 saturated heterocycles. The standard InChI is InChI=1S/C25H21ClN2O3/c1-3-18-7-6-8-21(15-18)27-24(29)16-28(2)25(30)22-9-4-5-10-23(22)31-17-19-11-13-20(26)14-12-19/h1,4-15H,16-17H2,2H3,(H,27,29). The lowest BCUT2D eigenvalue weighted by Crippen LogP contribution is -2.35. The monoisotopic (exact) mass is 432 g/mol. The highest BCUT2D eigenvalue weighted by Gasteiger charge is 2.19. The fourth-order valence-electron chi connectivity index (χ4n) is 2.89. The van der Waals surface area contributed by atoms with Crippen LogP contribution in [-0.2, 0) is 11.4 Å². The molecule has 0 saturated carbocycles. The van der Waals surface area contributed by atoms with Crippen molar-refractivity contribution in [3.8, 4) is 18.1 Å². The molecule has 3 aromatic rings. The second-order valence-electron chi connectivity index (χ2n) is 6.85. The molecule has 0 fully saturated rings. The fraction of sp³-hybridized carbons (Fsp3) is 0.120. The van der Waals surface area contributed by atoms with Crippen molar-refractivity contribution in [3.05, 3.63) is 94.5 Å². The Labute approximate surface area is 186 Å². The molecule has 5 nitrogen and oxygen atoms in total. The molecule has 31 heavy (non-hydrogen) atoms. The van der Waals surface area contributed by atoms with Crippen molar-refractivity contribution in [2.24, 2.45) is 0 Å². The Kier molecular flexibility index (Phi) is 7.31. The van der Waals surface area contributed by atoms with Gasteiger partial charge in [-0.2, -0.15) is 0 Å². The maximum atomic E-state index is 12.9. The van der Waals surface area contributed by atoms with Crippen molar-refractivity contribution in [3.63, 3.8) is 0 Å². The van der Waals surface area contributed by atoms with Gasteiger partial charge in [0, 0.05) is 23.3 Å². The van der Waals surface area contributed by atoms with Crippen LogP contribution >= 0.6 is 11.6 Å². The molecule has 2 amide bonds. The first kappa shape index (κ1) is 21.9. The van der Waals surface area contributed by atoms with Crippen LogP contribution in [-0.4, -0.2) is 30.3 Å². The van der Waals surface area contributed by atoms with Gasteiger partial charge in [0.2, 0.25) is 5.91 Å². The predicted molar refractivity (Wildman–Crippen MR) is 122 cm³/mol. The van der Waals surface area contributed by atoms with Crippen LogP contribution in [0.1, 0.15) is 21.5 Å². The van der Waals surface area contributed by atoms with Crippen molar-refractivity contribution in [2.75, 3.05) is 18.9 Å². The molecule has 156 valence electrons. The smallest absolute Gasteiger partial charge is 0.257 e. The number of para-hydroxylation sites is 1. The number of carbonyl (C=O) groups excluding carboxylic acids is 2. The van der Waals surface area contributed by atoms with Crippen LogP contribution in [0.25, 0.3) is 0 Å². The highest BCUT2D eigenvalue weighted by atomic mass is 35.5. The number of carbonyl (C=O) groups is 2. The van der Waals surface area contributed by atoms with E-state index in [1.165, 1.54) is 4.90 Å². The zero-order valence-electron chi connectivity index (χ0n) is 17.0. The minimum atomic E-state index is -0.329. The van der Waals surface area contributed by atoms with E-state index < -0.39 is 0 Å². The number of rotatable bonds is 7. The molecule has 6 heteroatoms. The van der Waals surface area contributed by atoms with E-state index >= 15 is 0 Å². The summed E-state index contributed by atoms with van der Waals surface area (Å²) < 4.78 is 5.85. The normalized spacial score (nSPS) is 10.1. The number of halogens is 1. The van der Waals surface area contributed by atoms with Crippen molar-refractivity contribution >= 4 is 29.1 Å². The Hall–Kier alpha value is -3.75. The number of nitrogens with one attached hydrogen (secondary N) is 1. The average molecular weight is 433 g/mol. The number of likely N-dealkylation sites (N-methyl/N-ethyl adjacent to an activating group) is 1. The number of amides is 2. The molecule has 0 aromatic heterocycles. The second-order valence-corrected chi connectivity index (χ2v) is 7.28. The second kappa shape index (κ2) is 10.3. The van der Waals surface area contributed by atoms with E-state index in [1.807, 2.05) is 12.1 Å². The summed E-state index contributed by atoms with van der Waals surface area (Å²) in [6.07, 6.45) is 5.38. The number of terminal acetylenes is 1. The van der Waals surface area contributed by atoms with Crippen molar-refractivity contribution < 1.29 is 14.3 Å². The topological polar surface area (TPSA) is 58.6 Å². The Morgan fingerprint density at radius 3 is 2.55 bits per heavy atom. The van der Waals surface area contributed by atoms with E-state index in [9.17, 15) is 9.59 Å².